The van der Waals surface area contributed by atoms with Gasteiger partial charge in [0.25, 0.3) is 0 Å². The van der Waals surface area contributed by atoms with Crippen molar-refractivity contribution in [3.05, 3.63) is 82.2 Å². The van der Waals surface area contributed by atoms with Crippen molar-refractivity contribution in [1.82, 2.24) is 0 Å². The number of benzene rings is 3. The van der Waals surface area contributed by atoms with Crippen LogP contribution in [0.3, 0.4) is 0 Å². The highest BCUT2D eigenvalue weighted by atomic mass is 16.5. The molecule has 6 heteroatoms. The van der Waals surface area contributed by atoms with E-state index in [0.29, 0.717) is 22.6 Å². The van der Waals surface area contributed by atoms with Gasteiger partial charge in [-0.25, -0.2) is 9.59 Å². The Bertz CT molecular complexity index is 1270. The largest absolute Gasteiger partial charge is 0.497 e. The van der Waals surface area contributed by atoms with Gasteiger partial charge in [0.05, 0.1) is 14.2 Å². The zero-order valence-corrected chi connectivity index (χ0v) is 15.9. The van der Waals surface area contributed by atoms with Crippen molar-refractivity contribution >= 4 is 27.7 Å². The van der Waals surface area contributed by atoms with E-state index in [0.717, 1.165) is 16.2 Å². The third-order valence-corrected chi connectivity index (χ3v) is 4.70. The predicted molar refractivity (Wildman–Crippen MR) is 109 cm³/mol. The first-order valence-electron chi connectivity index (χ1n) is 8.94. The van der Waals surface area contributed by atoms with E-state index in [1.165, 1.54) is 20.3 Å². The minimum Gasteiger partial charge on any atom is -0.497 e. The summed E-state index contributed by atoms with van der Waals surface area (Å²) in [5.41, 5.74) is 0.796. The van der Waals surface area contributed by atoms with Crippen LogP contribution in [-0.4, -0.2) is 20.2 Å². The van der Waals surface area contributed by atoms with Gasteiger partial charge in [-0.05, 0) is 29.0 Å². The molecule has 0 aliphatic rings. The second-order valence-electron chi connectivity index (χ2n) is 6.39. The fourth-order valence-electron chi connectivity index (χ4n) is 3.32. The van der Waals surface area contributed by atoms with Crippen LogP contribution in [0.1, 0.15) is 15.9 Å². The SMILES string of the molecule is COc1ccc(C(=O)OCc2cc(=O)oc3ccc4ccccc4c23)c(OC)c1. The molecular formula is C23H18O6. The summed E-state index contributed by atoms with van der Waals surface area (Å²) in [6, 6.07) is 17.6. The molecule has 3 aromatic carbocycles. The van der Waals surface area contributed by atoms with E-state index in [1.807, 2.05) is 30.3 Å². The van der Waals surface area contributed by atoms with E-state index in [9.17, 15) is 9.59 Å². The summed E-state index contributed by atoms with van der Waals surface area (Å²) in [5, 5.41) is 2.66. The van der Waals surface area contributed by atoms with Crippen molar-refractivity contribution in [1.29, 1.82) is 0 Å². The van der Waals surface area contributed by atoms with Crippen molar-refractivity contribution < 1.29 is 23.4 Å². The molecule has 0 spiro atoms. The molecule has 0 atom stereocenters. The molecule has 1 heterocycles. The van der Waals surface area contributed by atoms with Crippen LogP contribution in [0.15, 0.2) is 69.9 Å². The molecule has 146 valence electrons. The van der Waals surface area contributed by atoms with Gasteiger partial charge in [-0.1, -0.05) is 30.3 Å². The maximum Gasteiger partial charge on any atom is 0.342 e. The van der Waals surface area contributed by atoms with Crippen LogP contribution in [0.25, 0.3) is 21.7 Å². The normalized spacial score (nSPS) is 10.8. The maximum atomic E-state index is 12.6. The minimum absolute atomic E-state index is 0.0792. The van der Waals surface area contributed by atoms with Crippen molar-refractivity contribution in [3.63, 3.8) is 0 Å². The lowest BCUT2D eigenvalue weighted by Crippen LogP contribution is -2.09. The van der Waals surface area contributed by atoms with Gasteiger partial charge in [0.15, 0.2) is 0 Å². The fourth-order valence-corrected chi connectivity index (χ4v) is 3.32. The molecule has 0 fully saturated rings. The van der Waals surface area contributed by atoms with Gasteiger partial charge in [-0.3, -0.25) is 0 Å². The molecule has 0 saturated carbocycles. The zero-order chi connectivity index (χ0) is 20.4. The van der Waals surface area contributed by atoms with Crippen molar-refractivity contribution in [3.8, 4) is 11.5 Å². The highest BCUT2D eigenvalue weighted by Gasteiger charge is 2.17. The smallest absolute Gasteiger partial charge is 0.342 e. The van der Waals surface area contributed by atoms with Crippen LogP contribution >= 0.6 is 0 Å². The lowest BCUT2D eigenvalue weighted by molar-refractivity contribution is 0.0470. The van der Waals surface area contributed by atoms with Crippen LogP contribution in [0.4, 0.5) is 0 Å². The summed E-state index contributed by atoms with van der Waals surface area (Å²) < 4.78 is 21.2. The van der Waals surface area contributed by atoms with E-state index in [-0.39, 0.29) is 12.2 Å². The van der Waals surface area contributed by atoms with E-state index in [4.69, 9.17) is 18.6 Å². The standard InChI is InChI=1S/C23H18O6/c1-26-16-8-9-18(20(12-16)27-2)23(25)28-13-15-11-21(24)29-19-10-7-14-5-3-4-6-17(14)22(15)19/h3-12H,13H2,1-2H3. The molecule has 0 saturated heterocycles. The molecule has 0 aliphatic heterocycles. The van der Waals surface area contributed by atoms with E-state index < -0.39 is 11.6 Å². The molecule has 0 bridgehead atoms. The number of hydrogen-bond donors (Lipinski definition) is 0. The van der Waals surface area contributed by atoms with Gasteiger partial charge < -0.3 is 18.6 Å². The Morgan fingerprint density at radius 3 is 2.59 bits per heavy atom. The minimum atomic E-state index is -0.564. The van der Waals surface area contributed by atoms with E-state index >= 15 is 0 Å². The molecular weight excluding hydrogens is 372 g/mol. The summed E-state index contributed by atoms with van der Waals surface area (Å²) in [5.74, 6) is 0.347. The molecule has 4 aromatic rings. The number of rotatable bonds is 5. The van der Waals surface area contributed by atoms with E-state index in [1.54, 1.807) is 24.3 Å². The average Bonchev–Trinajstić information content (AvgIpc) is 2.76. The van der Waals surface area contributed by atoms with Crippen molar-refractivity contribution in [2.45, 2.75) is 6.61 Å². The number of ether oxygens (including phenoxy) is 3. The van der Waals surface area contributed by atoms with E-state index in [2.05, 4.69) is 0 Å². The first kappa shape index (κ1) is 18.6. The fraction of sp³-hybridized carbons (Fsp3) is 0.130. The Morgan fingerprint density at radius 1 is 0.966 bits per heavy atom. The molecule has 0 unspecified atom stereocenters. The van der Waals surface area contributed by atoms with Crippen LogP contribution in [0, 0.1) is 0 Å². The van der Waals surface area contributed by atoms with Crippen molar-refractivity contribution in [2.24, 2.45) is 0 Å². The molecule has 6 nitrogen and oxygen atoms in total. The number of carbonyl (C=O) groups is 1. The van der Waals surface area contributed by atoms with Gasteiger partial charge >= 0.3 is 11.6 Å². The molecule has 0 aliphatic carbocycles. The maximum absolute atomic E-state index is 12.6. The molecule has 1 aromatic heterocycles. The average molecular weight is 390 g/mol. The van der Waals surface area contributed by atoms with Gasteiger partial charge in [-0.2, -0.15) is 0 Å². The number of methoxy groups -OCH3 is 2. The van der Waals surface area contributed by atoms with Crippen LogP contribution in [-0.2, 0) is 11.3 Å². The monoisotopic (exact) mass is 390 g/mol. The van der Waals surface area contributed by atoms with Gasteiger partial charge in [0.1, 0.15) is 29.3 Å². The van der Waals surface area contributed by atoms with Gasteiger partial charge in [0, 0.05) is 23.1 Å². The van der Waals surface area contributed by atoms with Crippen molar-refractivity contribution in [2.75, 3.05) is 14.2 Å². The molecule has 0 radical (unpaired) electrons. The first-order valence-corrected chi connectivity index (χ1v) is 8.94. The molecule has 0 amide bonds. The third-order valence-electron chi connectivity index (χ3n) is 4.70. The topological polar surface area (TPSA) is 75.0 Å². The Balaban J connectivity index is 1.71. The Morgan fingerprint density at radius 2 is 1.79 bits per heavy atom. The number of esters is 1. The Hall–Kier alpha value is -3.80. The third kappa shape index (κ3) is 3.52. The first-order chi connectivity index (χ1) is 14.1. The molecule has 0 N–H and O–H groups in total. The number of carbonyl (C=O) groups excluding carboxylic acids is 1. The summed E-state index contributed by atoms with van der Waals surface area (Å²) >= 11 is 0. The van der Waals surface area contributed by atoms with Crippen LogP contribution < -0.4 is 15.1 Å². The lowest BCUT2D eigenvalue weighted by Gasteiger charge is -2.12. The summed E-state index contributed by atoms with van der Waals surface area (Å²) in [7, 11) is 3.00. The van der Waals surface area contributed by atoms with Crippen LogP contribution in [0.5, 0.6) is 11.5 Å². The van der Waals surface area contributed by atoms with Crippen LogP contribution in [0.2, 0.25) is 0 Å². The summed E-state index contributed by atoms with van der Waals surface area (Å²) in [6.07, 6.45) is 0. The van der Waals surface area contributed by atoms with Gasteiger partial charge in [0.2, 0.25) is 0 Å². The Labute approximate surface area is 166 Å². The van der Waals surface area contributed by atoms with Gasteiger partial charge in [-0.15, -0.1) is 0 Å². The lowest BCUT2D eigenvalue weighted by atomic mass is 10.0. The highest BCUT2D eigenvalue weighted by molar-refractivity contribution is 6.07. The number of fused-ring (bicyclic) bond motifs is 3. The molecule has 4 rings (SSSR count). The summed E-state index contributed by atoms with van der Waals surface area (Å²) in [4.78, 5) is 24.6. The molecule has 29 heavy (non-hydrogen) atoms. The summed E-state index contributed by atoms with van der Waals surface area (Å²) in [6.45, 7) is -0.0792. The Kier molecular flexibility index (Phi) is 4.91. The quantitative estimate of drug-likeness (QED) is 0.287. The second-order valence-corrected chi connectivity index (χ2v) is 6.39. The zero-order valence-electron chi connectivity index (χ0n) is 15.9. The highest BCUT2D eigenvalue weighted by Crippen LogP contribution is 2.29. The number of hydrogen-bond acceptors (Lipinski definition) is 6. The predicted octanol–water partition coefficient (Wildman–Crippen LogP) is 4.32. The second kappa shape index (κ2) is 7.67.